The monoisotopic (exact) mass is 465 g/mol. The molecular weight excluding hydrogens is 438 g/mol. The van der Waals surface area contributed by atoms with E-state index >= 15 is 0 Å². The van der Waals surface area contributed by atoms with E-state index < -0.39 is 11.9 Å². The normalized spacial score (nSPS) is 13.6. The van der Waals surface area contributed by atoms with Gasteiger partial charge in [-0.2, -0.15) is 0 Å². The number of methoxy groups -OCH3 is 1. The molecule has 2 N–H and O–H groups in total. The van der Waals surface area contributed by atoms with Gasteiger partial charge in [0, 0.05) is 31.6 Å². The van der Waals surface area contributed by atoms with Crippen LogP contribution in [-0.4, -0.2) is 77.7 Å². The Morgan fingerprint density at radius 1 is 0.941 bits per heavy atom. The van der Waals surface area contributed by atoms with Crippen molar-refractivity contribution < 1.29 is 29.3 Å². The molecule has 2 heterocycles. The maximum atomic E-state index is 13.2. The molecular formula is C25H27N3O6. The Kier molecular flexibility index (Phi) is 8.15. The molecule has 0 saturated carbocycles. The van der Waals surface area contributed by atoms with Gasteiger partial charge in [-0.25, -0.2) is 14.6 Å². The molecule has 0 bridgehead atoms. The van der Waals surface area contributed by atoms with Gasteiger partial charge >= 0.3 is 11.9 Å². The van der Waals surface area contributed by atoms with Gasteiger partial charge < -0.3 is 24.7 Å². The molecule has 9 nitrogen and oxygen atoms in total. The number of aliphatic carboxylic acids is 2. The fourth-order valence-corrected chi connectivity index (χ4v) is 3.78. The van der Waals surface area contributed by atoms with Gasteiger partial charge in [0.2, 0.25) is 5.78 Å². The highest BCUT2D eigenvalue weighted by Crippen LogP contribution is 2.29. The minimum absolute atomic E-state index is 0.114. The second-order valence-corrected chi connectivity index (χ2v) is 7.61. The first kappa shape index (κ1) is 24.7. The van der Waals surface area contributed by atoms with Gasteiger partial charge in [-0.1, -0.05) is 43.3 Å². The molecule has 0 atom stereocenters. The van der Waals surface area contributed by atoms with Gasteiger partial charge in [0.05, 0.1) is 12.7 Å². The van der Waals surface area contributed by atoms with Gasteiger partial charge in [0.15, 0.2) is 0 Å². The zero-order valence-corrected chi connectivity index (χ0v) is 19.1. The molecule has 0 radical (unpaired) electrons. The van der Waals surface area contributed by atoms with Crippen LogP contribution in [-0.2, 0) is 9.59 Å². The molecule has 3 aromatic rings. The average Bonchev–Trinajstić information content (AvgIpc) is 2.88. The zero-order chi connectivity index (χ0) is 24.7. The highest BCUT2D eigenvalue weighted by Gasteiger charge is 2.22. The highest BCUT2D eigenvalue weighted by molar-refractivity contribution is 6.27. The zero-order valence-electron chi connectivity index (χ0n) is 19.1. The molecule has 0 amide bonds. The summed E-state index contributed by atoms with van der Waals surface area (Å²) >= 11 is 0. The number of pyridine rings is 1. The number of likely N-dealkylation sites (N-methyl/N-ethyl adjacent to an activating group) is 1. The van der Waals surface area contributed by atoms with E-state index in [-0.39, 0.29) is 5.78 Å². The van der Waals surface area contributed by atoms with Crippen molar-refractivity contribution in [1.29, 1.82) is 0 Å². The van der Waals surface area contributed by atoms with Crippen LogP contribution in [0.3, 0.4) is 0 Å². The Labute approximate surface area is 197 Å². The van der Waals surface area contributed by atoms with E-state index in [0.29, 0.717) is 17.0 Å². The Hall–Kier alpha value is -3.98. The fraction of sp³-hybridized carbons (Fsp3) is 0.280. The third-order valence-electron chi connectivity index (χ3n) is 5.61. The van der Waals surface area contributed by atoms with Crippen LogP contribution in [0.4, 0.5) is 5.82 Å². The highest BCUT2D eigenvalue weighted by atomic mass is 16.5. The fourth-order valence-electron chi connectivity index (χ4n) is 3.78. The number of anilines is 1. The number of aromatic nitrogens is 1. The number of carboxylic acid groups (broad SMARTS) is 2. The molecule has 2 aromatic carbocycles. The van der Waals surface area contributed by atoms with Gasteiger partial charge in [0.1, 0.15) is 17.3 Å². The average molecular weight is 466 g/mol. The lowest BCUT2D eigenvalue weighted by Crippen LogP contribution is -2.46. The Balaban J connectivity index is 0.000000481. The number of benzene rings is 2. The first-order chi connectivity index (χ1) is 16.3. The van der Waals surface area contributed by atoms with E-state index in [9.17, 15) is 4.79 Å². The predicted molar refractivity (Wildman–Crippen MR) is 128 cm³/mol. The Morgan fingerprint density at radius 3 is 2.18 bits per heavy atom. The molecule has 0 aliphatic carbocycles. The Bertz CT molecular complexity index is 1180. The first-order valence-corrected chi connectivity index (χ1v) is 10.9. The quantitative estimate of drug-likeness (QED) is 0.433. The van der Waals surface area contributed by atoms with E-state index in [2.05, 4.69) is 22.8 Å². The molecule has 0 spiro atoms. The molecule has 1 fully saturated rings. The maximum absolute atomic E-state index is 13.2. The summed E-state index contributed by atoms with van der Waals surface area (Å²) in [5, 5.41) is 16.9. The van der Waals surface area contributed by atoms with E-state index in [1.807, 2.05) is 36.4 Å². The molecule has 0 unspecified atom stereocenters. The van der Waals surface area contributed by atoms with Crippen LogP contribution in [0.1, 0.15) is 23.0 Å². The molecule has 4 rings (SSSR count). The minimum Gasteiger partial charge on any atom is -0.496 e. The van der Waals surface area contributed by atoms with Crippen LogP contribution >= 0.6 is 0 Å². The predicted octanol–water partition coefficient (Wildman–Crippen LogP) is 2.77. The third kappa shape index (κ3) is 5.68. The lowest BCUT2D eigenvalue weighted by atomic mass is 10.0. The molecule has 178 valence electrons. The van der Waals surface area contributed by atoms with Crippen molar-refractivity contribution in [3.63, 3.8) is 0 Å². The van der Waals surface area contributed by atoms with Crippen molar-refractivity contribution >= 4 is 34.3 Å². The SMILES string of the molecule is CCN1CCN(c2nc(C(=O)c3ccccc3OC)cc3ccccc23)CC1.O=C(O)C(=O)O. The van der Waals surface area contributed by atoms with Crippen LogP contribution in [0.25, 0.3) is 10.8 Å². The van der Waals surface area contributed by atoms with Gasteiger partial charge in [0.25, 0.3) is 0 Å². The maximum Gasteiger partial charge on any atom is 0.414 e. The summed E-state index contributed by atoms with van der Waals surface area (Å²) in [5.41, 5.74) is 0.991. The van der Waals surface area contributed by atoms with Crippen LogP contribution in [0, 0.1) is 0 Å². The van der Waals surface area contributed by atoms with Gasteiger partial charge in [-0.15, -0.1) is 0 Å². The summed E-state index contributed by atoms with van der Waals surface area (Å²) < 4.78 is 5.38. The summed E-state index contributed by atoms with van der Waals surface area (Å²) in [7, 11) is 1.58. The number of piperazine rings is 1. The number of fused-ring (bicyclic) bond motifs is 1. The van der Waals surface area contributed by atoms with Crippen LogP contribution in [0.15, 0.2) is 54.6 Å². The largest absolute Gasteiger partial charge is 0.496 e. The number of ketones is 1. The topological polar surface area (TPSA) is 120 Å². The summed E-state index contributed by atoms with van der Waals surface area (Å²) in [6, 6.07) is 17.3. The minimum atomic E-state index is -1.82. The standard InChI is InChI=1S/C23H25N3O2.C2H2O4/c1-3-25-12-14-26(15-13-25)23-18-9-5-4-8-17(18)16-20(24-23)22(27)19-10-6-7-11-21(19)28-2;3-1(4)2(5)6/h4-11,16H,3,12-15H2,1-2H3;(H,3,4)(H,5,6). The number of ether oxygens (including phenoxy) is 1. The molecule has 1 aliphatic rings. The number of rotatable bonds is 5. The Morgan fingerprint density at radius 2 is 1.56 bits per heavy atom. The van der Waals surface area contributed by atoms with Crippen molar-refractivity contribution in [3.05, 3.63) is 65.9 Å². The number of para-hydroxylation sites is 1. The summed E-state index contributed by atoms with van der Waals surface area (Å²) in [5.74, 6) is -2.30. The number of carboxylic acids is 2. The molecule has 34 heavy (non-hydrogen) atoms. The number of carbonyl (C=O) groups excluding carboxylic acids is 1. The van der Waals surface area contributed by atoms with E-state index in [1.54, 1.807) is 19.2 Å². The molecule has 1 saturated heterocycles. The molecule has 1 aliphatic heterocycles. The summed E-state index contributed by atoms with van der Waals surface area (Å²) in [6.45, 7) is 7.10. The third-order valence-corrected chi connectivity index (χ3v) is 5.61. The lowest BCUT2D eigenvalue weighted by Gasteiger charge is -2.35. The van der Waals surface area contributed by atoms with E-state index in [1.165, 1.54) is 0 Å². The second kappa shape index (κ2) is 11.2. The van der Waals surface area contributed by atoms with Gasteiger partial charge in [-0.3, -0.25) is 4.79 Å². The second-order valence-electron chi connectivity index (χ2n) is 7.61. The van der Waals surface area contributed by atoms with Crippen molar-refractivity contribution in [3.8, 4) is 5.75 Å². The number of carbonyl (C=O) groups is 3. The van der Waals surface area contributed by atoms with Crippen LogP contribution < -0.4 is 9.64 Å². The van der Waals surface area contributed by atoms with Crippen LogP contribution in [0.5, 0.6) is 5.75 Å². The van der Waals surface area contributed by atoms with Crippen molar-refractivity contribution in [2.75, 3.05) is 44.7 Å². The molecule has 1 aromatic heterocycles. The first-order valence-electron chi connectivity index (χ1n) is 10.9. The molecule has 9 heteroatoms. The van der Waals surface area contributed by atoms with E-state index in [0.717, 1.165) is 49.3 Å². The van der Waals surface area contributed by atoms with Crippen molar-refractivity contribution in [1.82, 2.24) is 9.88 Å². The van der Waals surface area contributed by atoms with Crippen molar-refractivity contribution in [2.45, 2.75) is 6.92 Å². The summed E-state index contributed by atoms with van der Waals surface area (Å²) in [6.07, 6.45) is 0. The summed E-state index contributed by atoms with van der Waals surface area (Å²) in [4.78, 5) is 41.0. The van der Waals surface area contributed by atoms with Gasteiger partial charge in [-0.05, 0) is 30.1 Å². The number of hydrogen-bond donors (Lipinski definition) is 2. The number of hydrogen-bond acceptors (Lipinski definition) is 7. The van der Waals surface area contributed by atoms with Crippen molar-refractivity contribution in [2.24, 2.45) is 0 Å². The van der Waals surface area contributed by atoms with Crippen LogP contribution in [0.2, 0.25) is 0 Å². The number of nitrogens with zero attached hydrogens (tertiary/aromatic N) is 3. The van der Waals surface area contributed by atoms with E-state index in [4.69, 9.17) is 29.5 Å². The smallest absolute Gasteiger partial charge is 0.414 e. The lowest BCUT2D eigenvalue weighted by molar-refractivity contribution is -0.159.